The first kappa shape index (κ1) is 16.6. The predicted molar refractivity (Wildman–Crippen MR) is 93.2 cm³/mol. The van der Waals surface area contributed by atoms with Crippen LogP contribution in [0.5, 0.6) is 11.5 Å². The van der Waals surface area contributed by atoms with Gasteiger partial charge in [-0.3, -0.25) is 4.79 Å². The molecule has 2 heterocycles. The number of nitriles is 1. The zero-order valence-corrected chi connectivity index (χ0v) is 14.5. The summed E-state index contributed by atoms with van der Waals surface area (Å²) in [7, 11) is 3.12. The second kappa shape index (κ2) is 6.32. The smallest absolute Gasteiger partial charge is 0.278 e. The number of hydrogen-bond acceptors (Lipinski definition) is 5. The van der Waals surface area contributed by atoms with Crippen molar-refractivity contribution in [2.24, 2.45) is 0 Å². The van der Waals surface area contributed by atoms with Crippen molar-refractivity contribution in [2.45, 2.75) is 19.8 Å². The molecule has 0 amide bonds. The fourth-order valence-electron chi connectivity index (χ4n) is 2.87. The Morgan fingerprint density at radius 1 is 1.24 bits per heavy atom. The van der Waals surface area contributed by atoms with Gasteiger partial charge in [-0.15, -0.1) is 0 Å². The van der Waals surface area contributed by atoms with E-state index in [0.717, 1.165) is 5.56 Å². The monoisotopic (exact) mass is 338 g/mol. The largest absolute Gasteiger partial charge is 0.493 e. The maximum atomic E-state index is 12.9. The number of hydrogen-bond donors (Lipinski definition) is 1. The van der Waals surface area contributed by atoms with Crippen molar-refractivity contribution in [3.63, 3.8) is 0 Å². The van der Waals surface area contributed by atoms with Crippen LogP contribution in [0.15, 0.2) is 29.2 Å². The molecule has 0 unspecified atom stereocenters. The molecule has 0 bridgehead atoms. The summed E-state index contributed by atoms with van der Waals surface area (Å²) >= 11 is 0. The van der Waals surface area contributed by atoms with Gasteiger partial charge in [0.2, 0.25) is 0 Å². The van der Waals surface area contributed by atoms with Crippen LogP contribution in [-0.4, -0.2) is 28.8 Å². The van der Waals surface area contributed by atoms with Crippen LogP contribution in [0.25, 0.3) is 16.9 Å². The van der Waals surface area contributed by atoms with E-state index in [1.807, 2.05) is 26.0 Å². The number of rotatable bonds is 4. The Labute approximate surface area is 144 Å². The van der Waals surface area contributed by atoms with Crippen molar-refractivity contribution in [3.8, 4) is 28.8 Å². The molecule has 3 rings (SSSR count). The van der Waals surface area contributed by atoms with Gasteiger partial charge in [-0.1, -0.05) is 13.8 Å². The van der Waals surface area contributed by atoms with Gasteiger partial charge in [-0.2, -0.15) is 14.9 Å². The van der Waals surface area contributed by atoms with Gasteiger partial charge in [0, 0.05) is 11.1 Å². The van der Waals surface area contributed by atoms with Gasteiger partial charge in [0.05, 0.1) is 26.1 Å². The average molecular weight is 338 g/mol. The van der Waals surface area contributed by atoms with E-state index in [9.17, 15) is 10.1 Å². The molecule has 128 valence electrons. The standard InChI is InChI=1S/C18H18N4O3/c1-10(2)15-16(11-5-6-13(24-3)14(7-11)25-4)21-17-12(8-19)9-20-22(17)18(15)23/h5-7,9-10,21H,1-4H3. The minimum Gasteiger partial charge on any atom is -0.493 e. The summed E-state index contributed by atoms with van der Waals surface area (Å²) in [5, 5.41) is 13.3. The van der Waals surface area contributed by atoms with Crippen LogP contribution in [0.3, 0.4) is 0 Å². The van der Waals surface area contributed by atoms with E-state index in [2.05, 4.69) is 10.1 Å². The fourth-order valence-corrected chi connectivity index (χ4v) is 2.87. The van der Waals surface area contributed by atoms with Crippen molar-refractivity contribution < 1.29 is 9.47 Å². The third-order valence-electron chi connectivity index (χ3n) is 4.07. The van der Waals surface area contributed by atoms with E-state index in [1.54, 1.807) is 26.4 Å². The quantitative estimate of drug-likeness (QED) is 0.789. The van der Waals surface area contributed by atoms with E-state index < -0.39 is 0 Å². The molecule has 0 fully saturated rings. The first-order valence-electron chi connectivity index (χ1n) is 7.78. The lowest BCUT2D eigenvalue weighted by atomic mass is 9.98. The highest BCUT2D eigenvalue weighted by atomic mass is 16.5. The molecule has 7 nitrogen and oxygen atoms in total. The number of ether oxygens (including phenoxy) is 2. The molecule has 0 aliphatic rings. The fraction of sp³-hybridized carbons (Fsp3) is 0.278. The normalized spacial score (nSPS) is 10.9. The van der Waals surface area contributed by atoms with Crippen LogP contribution in [0.1, 0.15) is 30.9 Å². The van der Waals surface area contributed by atoms with Gasteiger partial charge in [0.15, 0.2) is 17.1 Å². The van der Waals surface area contributed by atoms with Gasteiger partial charge in [-0.05, 0) is 24.1 Å². The maximum absolute atomic E-state index is 12.9. The van der Waals surface area contributed by atoms with Crippen molar-refractivity contribution in [1.29, 1.82) is 5.26 Å². The van der Waals surface area contributed by atoms with Crippen LogP contribution in [0.4, 0.5) is 0 Å². The number of nitrogens with one attached hydrogen (secondary N) is 1. The molecule has 1 N–H and O–H groups in total. The highest BCUT2D eigenvalue weighted by Gasteiger charge is 2.20. The summed E-state index contributed by atoms with van der Waals surface area (Å²) in [6, 6.07) is 7.47. The number of nitrogens with zero attached hydrogens (tertiary/aromatic N) is 3. The summed E-state index contributed by atoms with van der Waals surface area (Å²) in [6.45, 7) is 3.88. The summed E-state index contributed by atoms with van der Waals surface area (Å²) in [4.78, 5) is 16.1. The van der Waals surface area contributed by atoms with Gasteiger partial charge in [0.1, 0.15) is 11.6 Å². The van der Waals surface area contributed by atoms with Crippen molar-refractivity contribution in [2.75, 3.05) is 14.2 Å². The predicted octanol–water partition coefficient (Wildman–Crippen LogP) is 2.70. The molecule has 0 saturated carbocycles. The molecule has 7 heteroatoms. The van der Waals surface area contributed by atoms with Crippen LogP contribution < -0.4 is 15.0 Å². The third kappa shape index (κ3) is 2.62. The van der Waals surface area contributed by atoms with E-state index in [-0.39, 0.29) is 11.5 Å². The highest BCUT2D eigenvalue weighted by Crippen LogP contribution is 2.34. The second-order valence-electron chi connectivity index (χ2n) is 5.87. The number of benzene rings is 1. The molecule has 0 spiro atoms. The van der Waals surface area contributed by atoms with Gasteiger partial charge >= 0.3 is 0 Å². The maximum Gasteiger partial charge on any atom is 0.278 e. The van der Waals surface area contributed by atoms with E-state index in [0.29, 0.717) is 34.0 Å². The minimum atomic E-state index is -0.241. The van der Waals surface area contributed by atoms with Crippen LogP contribution in [-0.2, 0) is 0 Å². The lowest BCUT2D eigenvalue weighted by molar-refractivity contribution is 0.355. The molecule has 0 aliphatic heterocycles. The topological polar surface area (TPSA) is 92.4 Å². The Morgan fingerprint density at radius 2 is 1.96 bits per heavy atom. The third-order valence-corrected chi connectivity index (χ3v) is 4.07. The second-order valence-corrected chi connectivity index (χ2v) is 5.87. The molecule has 1 aromatic carbocycles. The van der Waals surface area contributed by atoms with Crippen LogP contribution >= 0.6 is 0 Å². The Kier molecular flexibility index (Phi) is 4.19. The summed E-state index contributed by atoms with van der Waals surface area (Å²) < 4.78 is 11.9. The SMILES string of the molecule is COc1ccc(-c2[nH]c3c(C#N)cnn3c(=O)c2C(C)C)cc1OC. The number of fused-ring (bicyclic) bond motifs is 1. The molecule has 0 aliphatic carbocycles. The first-order valence-corrected chi connectivity index (χ1v) is 7.78. The zero-order valence-electron chi connectivity index (χ0n) is 14.5. The number of H-pyrrole nitrogens is 1. The van der Waals surface area contributed by atoms with E-state index in [4.69, 9.17) is 9.47 Å². The molecule has 25 heavy (non-hydrogen) atoms. The lowest BCUT2D eigenvalue weighted by Crippen LogP contribution is -2.22. The molecule has 2 aromatic heterocycles. The number of aromatic nitrogens is 3. The number of aromatic amines is 1. The molecular formula is C18H18N4O3. The Bertz CT molecular complexity index is 1040. The van der Waals surface area contributed by atoms with E-state index in [1.165, 1.54) is 10.7 Å². The van der Waals surface area contributed by atoms with Gasteiger partial charge < -0.3 is 14.5 Å². The molecule has 0 atom stereocenters. The van der Waals surface area contributed by atoms with Crippen molar-refractivity contribution in [1.82, 2.24) is 14.6 Å². The molecular weight excluding hydrogens is 320 g/mol. The Hall–Kier alpha value is -3.27. The highest BCUT2D eigenvalue weighted by molar-refractivity contribution is 5.70. The van der Waals surface area contributed by atoms with Crippen molar-refractivity contribution >= 4 is 5.65 Å². The molecule has 0 saturated heterocycles. The van der Waals surface area contributed by atoms with Crippen LogP contribution in [0, 0.1) is 11.3 Å². The van der Waals surface area contributed by atoms with Crippen LogP contribution in [0.2, 0.25) is 0 Å². The Morgan fingerprint density at radius 3 is 2.56 bits per heavy atom. The average Bonchev–Trinajstić information content (AvgIpc) is 3.03. The van der Waals surface area contributed by atoms with Gasteiger partial charge in [0.25, 0.3) is 5.56 Å². The molecule has 3 aromatic rings. The first-order chi connectivity index (χ1) is 12.0. The number of methoxy groups -OCH3 is 2. The van der Waals surface area contributed by atoms with E-state index >= 15 is 0 Å². The van der Waals surface area contributed by atoms with Crippen molar-refractivity contribution in [3.05, 3.63) is 45.9 Å². The summed E-state index contributed by atoms with van der Waals surface area (Å²) in [5.74, 6) is 1.12. The minimum absolute atomic E-state index is 0.0361. The molecule has 0 radical (unpaired) electrons. The Balaban J connectivity index is 2.37. The summed E-state index contributed by atoms with van der Waals surface area (Å²) in [5.41, 5.74) is 2.45. The zero-order chi connectivity index (χ0) is 18.1. The lowest BCUT2D eigenvalue weighted by Gasteiger charge is -2.15. The summed E-state index contributed by atoms with van der Waals surface area (Å²) in [6.07, 6.45) is 1.38. The van der Waals surface area contributed by atoms with Gasteiger partial charge in [-0.25, -0.2) is 0 Å².